The number of carbonyl (C=O) groups is 2. The van der Waals surface area contributed by atoms with Crippen LogP contribution in [0.1, 0.15) is 23.9 Å². The molecule has 2 heterocycles. The van der Waals surface area contributed by atoms with E-state index in [2.05, 4.69) is 9.36 Å². The van der Waals surface area contributed by atoms with Crippen LogP contribution in [0.2, 0.25) is 0 Å². The lowest BCUT2D eigenvalue weighted by atomic mass is 10.1. The first-order chi connectivity index (χ1) is 15.5. The predicted molar refractivity (Wildman–Crippen MR) is 118 cm³/mol. The largest absolute Gasteiger partial charge is 0.430 e. The highest BCUT2D eigenvalue weighted by Gasteiger charge is 2.22. The van der Waals surface area contributed by atoms with Crippen LogP contribution in [0, 0.1) is 5.82 Å². The second-order valence-electron chi connectivity index (χ2n) is 7.59. The first-order valence-electron chi connectivity index (χ1n) is 10.3. The van der Waals surface area contributed by atoms with Gasteiger partial charge in [0.2, 0.25) is 11.8 Å². The number of halogens is 1. The molecular formula is C23H23FN4O3S. The van der Waals surface area contributed by atoms with Gasteiger partial charge in [0.1, 0.15) is 11.6 Å². The number of aromatic nitrogens is 2. The lowest BCUT2D eigenvalue weighted by Gasteiger charge is -2.34. The summed E-state index contributed by atoms with van der Waals surface area (Å²) in [5.74, 6) is 1.05. The van der Waals surface area contributed by atoms with Crippen LogP contribution in [-0.2, 0) is 22.4 Å². The third kappa shape index (κ3) is 5.67. The van der Waals surface area contributed by atoms with E-state index in [0.717, 1.165) is 22.7 Å². The summed E-state index contributed by atoms with van der Waals surface area (Å²) >= 11 is 1.16. The maximum Gasteiger partial charge on any atom is 0.298 e. The molecule has 32 heavy (non-hydrogen) atoms. The molecular weight excluding hydrogens is 431 g/mol. The molecule has 0 bridgehead atoms. The van der Waals surface area contributed by atoms with Gasteiger partial charge in [-0.3, -0.25) is 9.59 Å². The number of nitrogens with zero attached hydrogens (tertiary/aromatic N) is 4. The smallest absolute Gasteiger partial charge is 0.298 e. The van der Waals surface area contributed by atoms with Crippen molar-refractivity contribution in [2.75, 3.05) is 26.2 Å². The Morgan fingerprint density at radius 2 is 1.59 bits per heavy atom. The summed E-state index contributed by atoms with van der Waals surface area (Å²) in [6, 6.07) is 13.6. The highest BCUT2D eigenvalue weighted by molar-refractivity contribution is 7.07. The van der Waals surface area contributed by atoms with Gasteiger partial charge < -0.3 is 14.5 Å². The molecule has 0 radical (unpaired) electrons. The first kappa shape index (κ1) is 21.9. The van der Waals surface area contributed by atoms with Gasteiger partial charge in [0.05, 0.1) is 6.42 Å². The quantitative estimate of drug-likeness (QED) is 0.571. The minimum Gasteiger partial charge on any atom is -0.430 e. The summed E-state index contributed by atoms with van der Waals surface area (Å²) in [4.78, 5) is 31.9. The highest BCUT2D eigenvalue weighted by Crippen LogP contribution is 2.24. The fourth-order valence-electron chi connectivity index (χ4n) is 3.47. The van der Waals surface area contributed by atoms with E-state index >= 15 is 0 Å². The molecule has 1 aliphatic heterocycles. The second kappa shape index (κ2) is 9.86. The normalized spacial score (nSPS) is 13.8. The van der Waals surface area contributed by atoms with Crippen molar-refractivity contribution in [3.05, 3.63) is 71.3 Å². The number of rotatable bonds is 6. The van der Waals surface area contributed by atoms with E-state index in [-0.39, 0.29) is 17.6 Å². The summed E-state index contributed by atoms with van der Waals surface area (Å²) in [7, 11) is 0. The van der Waals surface area contributed by atoms with Gasteiger partial charge in [-0.2, -0.15) is 9.36 Å². The lowest BCUT2D eigenvalue weighted by molar-refractivity contribution is -0.138. The van der Waals surface area contributed by atoms with Crippen molar-refractivity contribution in [1.82, 2.24) is 19.2 Å². The molecule has 0 unspecified atom stereocenters. The van der Waals surface area contributed by atoms with Crippen LogP contribution >= 0.6 is 11.5 Å². The number of hydrogen-bond donors (Lipinski definition) is 0. The maximum absolute atomic E-state index is 13.0. The van der Waals surface area contributed by atoms with Gasteiger partial charge in [0.15, 0.2) is 5.82 Å². The van der Waals surface area contributed by atoms with Crippen LogP contribution in [-0.4, -0.2) is 57.2 Å². The Hall–Kier alpha value is -3.33. The monoisotopic (exact) mass is 454 g/mol. The molecule has 3 aromatic rings. The van der Waals surface area contributed by atoms with Gasteiger partial charge >= 0.3 is 0 Å². The number of carbonyl (C=O) groups excluding carboxylic acids is 2. The summed E-state index contributed by atoms with van der Waals surface area (Å²) in [5, 5.41) is 0.425. The number of ether oxygens (including phenoxy) is 1. The van der Waals surface area contributed by atoms with Gasteiger partial charge in [0, 0.05) is 51.1 Å². The topological polar surface area (TPSA) is 75.6 Å². The van der Waals surface area contributed by atoms with Crippen molar-refractivity contribution in [3.63, 3.8) is 0 Å². The van der Waals surface area contributed by atoms with Crippen molar-refractivity contribution >= 4 is 23.3 Å². The van der Waals surface area contributed by atoms with Crippen LogP contribution in [0.15, 0.2) is 48.5 Å². The van der Waals surface area contributed by atoms with E-state index in [1.54, 1.807) is 41.0 Å². The standard InChI is InChI=1S/C23H23FN4O3S/c1-16(29)27-10-12-28(13-11-27)22(30)15-18-4-8-20(9-5-18)31-23-25-21(26-32-23)14-17-2-6-19(24)7-3-17/h2-9H,10-15H2,1H3. The van der Waals surface area contributed by atoms with Crippen molar-refractivity contribution in [2.24, 2.45) is 0 Å². The fraction of sp³-hybridized carbons (Fsp3) is 0.304. The molecule has 7 nitrogen and oxygen atoms in total. The highest BCUT2D eigenvalue weighted by atomic mass is 32.1. The van der Waals surface area contributed by atoms with Gasteiger partial charge in [-0.25, -0.2) is 4.39 Å². The molecule has 1 fully saturated rings. The molecule has 1 saturated heterocycles. The molecule has 0 atom stereocenters. The number of piperazine rings is 1. The van der Waals surface area contributed by atoms with Crippen LogP contribution in [0.3, 0.4) is 0 Å². The van der Waals surface area contributed by atoms with Crippen LogP contribution < -0.4 is 4.74 Å². The van der Waals surface area contributed by atoms with E-state index in [4.69, 9.17) is 4.74 Å². The number of benzene rings is 2. The SMILES string of the molecule is CC(=O)N1CCN(C(=O)Cc2ccc(Oc3nc(Cc4ccc(F)cc4)ns3)cc2)CC1. The molecule has 2 amide bonds. The Morgan fingerprint density at radius 1 is 0.969 bits per heavy atom. The number of hydrogen-bond acceptors (Lipinski definition) is 6. The minimum absolute atomic E-state index is 0.0469. The molecule has 1 aliphatic rings. The number of amides is 2. The third-order valence-electron chi connectivity index (χ3n) is 5.29. The maximum atomic E-state index is 13.0. The zero-order chi connectivity index (χ0) is 22.5. The molecule has 2 aromatic carbocycles. The second-order valence-corrected chi connectivity index (χ2v) is 8.30. The Labute approximate surface area is 189 Å². The lowest BCUT2D eigenvalue weighted by Crippen LogP contribution is -2.50. The van der Waals surface area contributed by atoms with Crippen molar-refractivity contribution in [3.8, 4) is 10.9 Å². The minimum atomic E-state index is -0.273. The molecule has 4 rings (SSSR count). The van der Waals surface area contributed by atoms with Crippen LogP contribution in [0.4, 0.5) is 4.39 Å². The molecule has 0 aliphatic carbocycles. The average molecular weight is 455 g/mol. The first-order valence-corrected chi connectivity index (χ1v) is 11.1. The van der Waals surface area contributed by atoms with Gasteiger partial charge in [-0.05, 0) is 35.4 Å². The Kier molecular flexibility index (Phi) is 6.75. The summed E-state index contributed by atoms with van der Waals surface area (Å²) < 4.78 is 23.1. The van der Waals surface area contributed by atoms with Gasteiger partial charge in [-0.1, -0.05) is 24.3 Å². The van der Waals surface area contributed by atoms with E-state index < -0.39 is 0 Å². The predicted octanol–water partition coefficient (Wildman–Crippen LogP) is 3.29. The van der Waals surface area contributed by atoms with Gasteiger partial charge in [0.25, 0.3) is 5.19 Å². The van der Waals surface area contributed by atoms with E-state index in [9.17, 15) is 14.0 Å². The Bertz CT molecular complexity index is 1080. The third-order valence-corrected chi connectivity index (χ3v) is 5.92. The van der Waals surface area contributed by atoms with Crippen LogP contribution in [0.5, 0.6) is 10.9 Å². The van der Waals surface area contributed by atoms with E-state index in [1.165, 1.54) is 12.1 Å². The Morgan fingerprint density at radius 3 is 2.25 bits per heavy atom. The molecule has 9 heteroatoms. The average Bonchev–Trinajstić information content (AvgIpc) is 3.23. The van der Waals surface area contributed by atoms with Crippen molar-refractivity contribution in [2.45, 2.75) is 19.8 Å². The molecule has 0 N–H and O–H groups in total. The fourth-order valence-corrected chi connectivity index (χ4v) is 4.04. The molecule has 1 aromatic heterocycles. The van der Waals surface area contributed by atoms with Gasteiger partial charge in [-0.15, -0.1) is 0 Å². The zero-order valence-electron chi connectivity index (χ0n) is 17.7. The van der Waals surface area contributed by atoms with Crippen LogP contribution in [0.25, 0.3) is 0 Å². The van der Waals surface area contributed by atoms with Crippen molar-refractivity contribution < 1.29 is 18.7 Å². The molecule has 0 spiro atoms. The Balaban J connectivity index is 1.28. The molecule has 166 valence electrons. The molecule has 0 saturated carbocycles. The van der Waals surface area contributed by atoms with E-state index in [0.29, 0.717) is 55.8 Å². The summed E-state index contributed by atoms with van der Waals surface area (Å²) in [5.41, 5.74) is 1.82. The van der Waals surface area contributed by atoms with Crippen molar-refractivity contribution in [1.29, 1.82) is 0 Å². The van der Waals surface area contributed by atoms with E-state index in [1.807, 2.05) is 12.1 Å². The summed E-state index contributed by atoms with van der Waals surface area (Å²) in [6.45, 7) is 3.85. The summed E-state index contributed by atoms with van der Waals surface area (Å²) in [6.07, 6.45) is 0.808. The zero-order valence-corrected chi connectivity index (χ0v) is 18.5.